The van der Waals surface area contributed by atoms with Gasteiger partial charge in [0.1, 0.15) is 12.2 Å². The Kier molecular flexibility index (Phi) is 18.7. The van der Waals surface area contributed by atoms with Crippen molar-refractivity contribution < 1.29 is 38.0 Å². The third kappa shape index (κ3) is 16.6. The van der Waals surface area contributed by atoms with Crippen LogP contribution in [0.15, 0.2) is 0 Å². The first-order valence-electron chi connectivity index (χ1n) is 21.5. The Morgan fingerprint density at radius 1 is 0.400 bits per heavy atom. The first-order chi connectivity index (χ1) is 24.6. The van der Waals surface area contributed by atoms with E-state index in [1.807, 2.05) is 0 Å². The standard InChI is InChI=1S/C42H72O8/c43-41(49-37-25-21-35(22-26-37)45-29-13-9-5-1-3-7-11-15-39-31-47-39)33-17-19-34(20-18-33)42(44)50-38-27-23-36(24-28-38)46-30-14-10-6-2-4-8-12-16-40-32-48-40/h33-40H,1-32H2. The Balaban J connectivity index is 0.802. The average Bonchev–Trinajstić information content (AvgIpc) is 4.08. The number of hydrogen-bond acceptors (Lipinski definition) is 8. The third-order valence-electron chi connectivity index (χ3n) is 12.1. The SMILES string of the molecule is O=C(OC1CCC(OCCCCCCCCCC2CO2)CC1)C1CCC(C(=O)OC2CCC(OCCCCCCCCCC3CO3)CC2)CC1. The summed E-state index contributed by atoms with van der Waals surface area (Å²) in [5, 5.41) is 0. The van der Waals surface area contributed by atoms with E-state index < -0.39 is 0 Å². The molecule has 0 aromatic heterocycles. The lowest BCUT2D eigenvalue weighted by molar-refractivity contribution is -0.163. The second kappa shape index (κ2) is 23.4. The summed E-state index contributed by atoms with van der Waals surface area (Å²) in [6.45, 7) is 3.69. The molecular weight excluding hydrogens is 632 g/mol. The number of unbranched alkanes of at least 4 members (excludes halogenated alkanes) is 12. The van der Waals surface area contributed by atoms with Gasteiger partial charge in [-0.25, -0.2) is 0 Å². The van der Waals surface area contributed by atoms with Crippen molar-refractivity contribution in [3.63, 3.8) is 0 Å². The topological polar surface area (TPSA) is 96.1 Å². The lowest BCUT2D eigenvalue weighted by Crippen LogP contribution is -2.34. The van der Waals surface area contributed by atoms with Crippen molar-refractivity contribution in [1.29, 1.82) is 0 Å². The summed E-state index contributed by atoms with van der Waals surface area (Å²) < 4.78 is 34.8. The number of rotatable bonds is 26. The monoisotopic (exact) mass is 705 g/mol. The molecule has 8 nitrogen and oxygen atoms in total. The van der Waals surface area contributed by atoms with Gasteiger partial charge in [-0.05, 0) is 103 Å². The fourth-order valence-corrected chi connectivity index (χ4v) is 8.40. The van der Waals surface area contributed by atoms with Gasteiger partial charge in [0.25, 0.3) is 0 Å². The Labute approximate surface area is 304 Å². The minimum atomic E-state index is -0.0830. The molecule has 0 aromatic carbocycles. The van der Waals surface area contributed by atoms with Crippen molar-refractivity contribution in [2.45, 2.75) is 216 Å². The molecule has 0 aromatic rings. The molecule has 5 rings (SSSR count). The van der Waals surface area contributed by atoms with Crippen molar-refractivity contribution in [3.8, 4) is 0 Å². The minimum Gasteiger partial charge on any atom is -0.462 e. The Morgan fingerprint density at radius 3 is 1.04 bits per heavy atom. The van der Waals surface area contributed by atoms with E-state index in [0.717, 1.165) is 116 Å². The predicted molar refractivity (Wildman–Crippen MR) is 195 cm³/mol. The highest BCUT2D eigenvalue weighted by molar-refractivity contribution is 5.75. The maximum Gasteiger partial charge on any atom is 0.309 e. The molecule has 50 heavy (non-hydrogen) atoms. The van der Waals surface area contributed by atoms with Gasteiger partial charge in [0.05, 0.1) is 49.5 Å². The van der Waals surface area contributed by atoms with Crippen molar-refractivity contribution in [2.24, 2.45) is 11.8 Å². The van der Waals surface area contributed by atoms with Crippen LogP contribution in [0.5, 0.6) is 0 Å². The predicted octanol–water partition coefficient (Wildman–Crippen LogP) is 9.57. The molecule has 0 N–H and O–H groups in total. The van der Waals surface area contributed by atoms with Crippen molar-refractivity contribution in [3.05, 3.63) is 0 Å². The summed E-state index contributed by atoms with van der Waals surface area (Å²) in [6, 6.07) is 0. The van der Waals surface area contributed by atoms with Gasteiger partial charge in [-0.3, -0.25) is 9.59 Å². The van der Waals surface area contributed by atoms with Crippen LogP contribution in [0.1, 0.15) is 180 Å². The maximum absolute atomic E-state index is 13.0. The zero-order chi connectivity index (χ0) is 34.6. The Hall–Kier alpha value is -1.22. The third-order valence-corrected chi connectivity index (χ3v) is 12.1. The molecule has 2 heterocycles. The van der Waals surface area contributed by atoms with Crippen LogP contribution < -0.4 is 0 Å². The molecule has 0 bridgehead atoms. The molecule has 5 fully saturated rings. The van der Waals surface area contributed by atoms with Crippen LogP contribution in [-0.4, -0.2) is 75.0 Å². The van der Waals surface area contributed by atoms with Gasteiger partial charge in [-0.2, -0.15) is 0 Å². The fraction of sp³-hybridized carbons (Fsp3) is 0.952. The van der Waals surface area contributed by atoms with Crippen molar-refractivity contribution >= 4 is 11.9 Å². The molecule has 8 heteroatoms. The molecular formula is C42H72O8. The van der Waals surface area contributed by atoms with Gasteiger partial charge in [0.2, 0.25) is 0 Å². The van der Waals surface area contributed by atoms with E-state index in [4.69, 9.17) is 28.4 Å². The van der Waals surface area contributed by atoms with E-state index in [1.165, 1.54) is 89.9 Å². The van der Waals surface area contributed by atoms with Crippen LogP contribution in [0.3, 0.4) is 0 Å². The number of ether oxygens (including phenoxy) is 6. The molecule has 5 aliphatic rings. The lowest BCUT2D eigenvalue weighted by Gasteiger charge is -2.32. The van der Waals surface area contributed by atoms with E-state index in [0.29, 0.717) is 24.4 Å². The van der Waals surface area contributed by atoms with E-state index in [9.17, 15) is 9.59 Å². The molecule has 3 aliphatic carbocycles. The lowest BCUT2D eigenvalue weighted by atomic mass is 9.82. The second-order valence-corrected chi connectivity index (χ2v) is 16.4. The summed E-state index contributed by atoms with van der Waals surface area (Å²) in [7, 11) is 0. The van der Waals surface area contributed by atoms with Gasteiger partial charge < -0.3 is 28.4 Å². The first-order valence-corrected chi connectivity index (χ1v) is 21.5. The van der Waals surface area contributed by atoms with Gasteiger partial charge >= 0.3 is 11.9 Å². The van der Waals surface area contributed by atoms with Crippen LogP contribution in [0.4, 0.5) is 0 Å². The van der Waals surface area contributed by atoms with Crippen LogP contribution in [0.2, 0.25) is 0 Å². The molecule has 2 aliphatic heterocycles. The summed E-state index contributed by atoms with van der Waals surface area (Å²) in [5.74, 6) is -0.286. The van der Waals surface area contributed by atoms with Crippen molar-refractivity contribution in [1.82, 2.24) is 0 Å². The van der Waals surface area contributed by atoms with Gasteiger partial charge in [-0.1, -0.05) is 77.0 Å². The van der Waals surface area contributed by atoms with E-state index in [2.05, 4.69) is 0 Å². The zero-order valence-corrected chi connectivity index (χ0v) is 31.5. The fourth-order valence-electron chi connectivity index (χ4n) is 8.40. The molecule has 2 atom stereocenters. The summed E-state index contributed by atoms with van der Waals surface area (Å²) in [4.78, 5) is 25.9. The Morgan fingerprint density at radius 2 is 0.700 bits per heavy atom. The molecule has 2 saturated heterocycles. The van der Waals surface area contributed by atoms with E-state index in [1.54, 1.807) is 0 Å². The molecule has 288 valence electrons. The summed E-state index contributed by atoms with van der Waals surface area (Å²) >= 11 is 0. The average molecular weight is 705 g/mol. The number of esters is 2. The van der Waals surface area contributed by atoms with Crippen LogP contribution in [0.25, 0.3) is 0 Å². The second-order valence-electron chi connectivity index (χ2n) is 16.4. The minimum absolute atomic E-state index is 0.0168. The number of epoxide rings is 2. The zero-order valence-electron chi connectivity index (χ0n) is 31.5. The van der Waals surface area contributed by atoms with E-state index in [-0.39, 0.29) is 36.0 Å². The number of hydrogen-bond donors (Lipinski definition) is 0. The first kappa shape index (κ1) is 40.0. The number of carbonyl (C=O) groups excluding carboxylic acids is 2. The molecule has 0 amide bonds. The molecule has 3 saturated carbocycles. The van der Waals surface area contributed by atoms with E-state index >= 15 is 0 Å². The highest BCUT2D eigenvalue weighted by atomic mass is 16.6. The smallest absolute Gasteiger partial charge is 0.309 e. The quantitative estimate of drug-likeness (QED) is 0.0499. The normalized spacial score (nSPS) is 30.9. The van der Waals surface area contributed by atoms with Crippen LogP contribution >= 0.6 is 0 Å². The summed E-state index contributed by atoms with van der Waals surface area (Å²) in [5.41, 5.74) is 0. The molecule has 2 unspecified atom stereocenters. The Bertz CT molecular complexity index is 837. The molecule has 0 radical (unpaired) electrons. The highest BCUT2D eigenvalue weighted by Crippen LogP contribution is 2.34. The van der Waals surface area contributed by atoms with Gasteiger partial charge in [0.15, 0.2) is 0 Å². The summed E-state index contributed by atoms with van der Waals surface area (Å²) in [6.07, 6.45) is 32.9. The van der Waals surface area contributed by atoms with Gasteiger partial charge in [0, 0.05) is 13.2 Å². The number of carbonyl (C=O) groups is 2. The van der Waals surface area contributed by atoms with Crippen LogP contribution in [0, 0.1) is 11.8 Å². The highest BCUT2D eigenvalue weighted by Gasteiger charge is 2.35. The van der Waals surface area contributed by atoms with Crippen molar-refractivity contribution in [2.75, 3.05) is 26.4 Å². The molecule has 0 spiro atoms. The largest absolute Gasteiger partial charge is 0.462 e. The van der Waals surface area contributed by atoms with Gasteiger partial charge in [-0.15, -0.1) is 0 Å². The van der Waals surface area contributed by atoms with Crippen LogP contribution in [-0.2, 0) is 38.0 Å². The maximum atomic E-state index is 13.0.